The van der Waals surface area contributed by atoms with E-state index in [4.69, 9.17) is 11.1 Å². The molecule has 108 valence electrons. The molecule has 1 aliphatic heterocycles. The molecule has 1 amide bonds. The SMILES string of the molecule is Cl.Cl.N=C(NCCCCN)NC(=O)[C@@H]1CCCN1. The molecule has 1 atom stereocenters. The summed E-state index contributed by atoms with van der Waals surface area (Å²) >= 11 is 0. The Morgan fingerprint density at radius 3 is 2.67 bits per heavy atom. The summed E-state index contributed by atoms with van der Waals surface area (Å²) in [4.78, 5) is 11.6. The molecule has 6 nitrogen and oxygen atoms in total. The average Bonchev–Trinajstić information content (AvgIpc) is 2.77. The van der Waals surface area contributed by atoms with Crippen molar-refractivity contribution < 1.29 is 4.79 Å². The number of carbonyl (C=O) groups excluding carboxylic acids is 1. The predicted octanol–water partition coefficient (Wildman–Crippen LogP) is -0.0385. The van der Waals surface area contributed by atoms with Crippen LogP contribution in [-0.2, 0) is 4.79 Å². The third kappa shape index (κ3) is 7.71. The van der Waals surface area contributed by atoms with E-state index in [0.29, 0.717) is 13.1 Å². The van der Waals surface area contributed by atoms with Crippen LogP contribution in [0, 0.1) is 5.41 Å². The molecule has 1 fully saturated rings. The smallest absolute Gasteiger partial charge is 0.243 e. The second-order valence-corrected chi connectivity index (χ2v) is 3.94. The summed E-state index contributed by atoms with van der Waals surface area (Å²) in [5, 5.41) is 16.0. The van der Waals surface area contributed by atoms with Gasteiger partial charge in [-0.25, -0.2) is 0 Å². The van der Waals surface area contributed by atoms with Crippen molar-refractivity contribution in [3.63, 3.8) is 0 Å². The Labute approximate surface area is 120 Å². The van der Waals surface area contributed by atoms with Gasteiger partial charge in [0.05, 0.1) is 6.04 Å². The second kappa shape index (κ2) is 11.5. The zero-order chi connectivity index (χ0) is 11.8. The van der Waals surface area contributed by atoms with Crippen LogP contribution in [0.5, 0.6) is 0 Å². The molecule has 6 N–H and O–H groups in total. The summed E-state index contributed by atoms with van der Waals surface area (Å²) in [5.41, 5.74) is 5.35. The molecule has 0 radical (unpaired) electrons. The molecule has 0 aliphatic carbocycles. The van der Waals surface area contributed by atoms with Crippen LogP contribution in [0.25, 0.3) is 0 Å². The topological polar surface area (TPSA) is 103 Å². The number of halogens is 2. The number of rotatable bonds is 5. The fourth-order valence-electron chi connectivity index (χ4n) is 1.65. The third-order valence-corrected chi connectivity index (χ3v) is 2.56. The van der Waals surface area contributed by atoms with Gasteiger partial charge in [-0.05, 0) is 38.8 Å². The summed E-state index contributed by atoms with van der Waals surface area (Å²) < 4.78 is 0. The van der Waals surface area contributed by atoms with Gasteiger partial charge in [-0.2, -0.15) is 0 Å². The Morgan fingerprint density at radius 2 is 2.11 bits per heavy atom. The molecule has 18 heavy (non-hydrogen) atoms. The average molecular weight is 300 g/mol. The zero-order valence-corrected chi connectivity index (χ0v) is 12.0. The van der Waals surface area contributed by atoms with E-state index < -0.39 is 0 Å². The molecule has 0 bridgehead atoms. The van der Waals surface area contributed by atoms with Gasteiger partial charge in [-0.15, -0.1) is 24.8 Å². The lowest BCUT2D eigenvalue weighted by atomic mass is 10.2. The largest absolute Gasteiger partial charge is 0.356 e. The zero-order valence-electron chi connectivity index (χ0n) is 10.3. The van der Waals surface area contributed by atoms with E-state index in [0.717, 1.165) is 32.2 Å². The summed E-state index contributed by atoms with van der Waals surface area (Å²) in [6, 6.07) is -0.133. The second-order valence-electron chi connectivity index (χ2n) is 3.94. The maximum Gasteiger partial charge on any atom is 0.243 e. The number of hydrogen-bond donors (Lipinski definition) is 5. The van der Waals surface area contributed by atoms with E-state index in [1.165, 1.54) is 0 Å². The molecule has 0 aromatic heterocycles. The monoisotopic (exact) mass is 299 g/mol. The Morgan fingerprint density at radius 1 is 1.39 bits per heavy atom. The lowest BCUT2D eigenvalue weighted by molar-refractivity contribution is -0.121. The van der Waals surface area contributed by atoms with Gasteiger partial charge in [0.1, 0.15) is 0 Å². The number of carbonyl (C=O) groups is 1. The molecule has 1 saturated heterocycles. The van der Waals surface area contributed by atoms with Crippen molar-refractivity contribution in [2.45, 2.75) is 31.7 Å². The molecular formula is C10H23Cl2N5O. The van der Waals surface area contributed by atoms with Crippen LogP contribution < -0.4 is 21.7 Å². The number of guanidine groups is 1. The number of nitrogens with two attached hydrogens (primary N) is 1. The van der Waals surface area contributed by atoms with Crippen molar-refractivity contribution in [3.8, 4) is 0 Å². The summed E-state index contributed by atoms with van der Waals surface area (Å²) in [7, 11) is 0. The van der Waals surface area contributed by atoms with Crippen molar-refractivity contribution in [2.75, 3.05) is 19.6 Å². The van der Waals surface area contributed by atoms with Crippen molar-refractivity contribution in [2.24, 2.45) is 5.73 Å². The van der Waals surface area contributed by atoms with Crippen molar-refractivity contribution >= 4 is 36.7 Å². The maximum atomic E-state index is 11.6. The predicted molar refractivity (Wildman–Crippen MR) is 77.7 cm³/mol. The fourth-order valence-corrected chi connectivity index (χ4v) is 1.65. The Balaban J connectivity index is 0. The van der Waals surface area contributed by atoms with Crippen molar-refractivity contribution in [3.05, 3.63) is 0 Å². The highest BCUT2D eigenvalue weighted by molar-refractivity contribution is 5.98. The summed E-state index contributed by atoms with van der Waals surface area (Å²) in [6.07, 6.45) is 3.72. The molecule has 8 heteroatoms. The van der Waals surface area contributed by atoms with Crippen LogP contribution in [-0.4, -0.2) is 37.5 Å². The van der Waals surface area contributed by atoms with Gasteiger partial charge in [-0.1, -0.05) is 0 Å². The molecule has 1 rings (SSSR count). The number of amides is 1. The van der Waals surface area contributed by atoms with E-state index >= 15 is 0 Å². The summed E-state index contributed by atoms with van der Waals surface area (Å²) in [6.45, 7) is 2.22. The minimum atomic E-state index is -0.133. The Kier molecular flexibility index (Phi) is 12.7. The molecule has 1 aliphatic rings. The normalized spacial score (nSPS) is 17.3. The van der Waals surface area contributed by atoms with Gasteiger partial charge in [0.15, 0.2) is 5.96 Å². The van der Waals surface area contributed by atoms with E-state index in [9.17, 15) is 4.79 Å². The van der Waals surface area contributed by atoms with Crippen LogP contribution in [0.1, 0.15) is 25.7 Å². The minimum absolute atomic E-state index is 0. The lowest BCUT2D eigenvalue weighted by Gasteiger charge is -2.12. The number of hydrogen-bond acceptors (Lipinski definition) is 4. The third-order valence-electron chi connectivity index (χ3n) is 2.56. The van der Waals surface area contributed by atoms with Gasteiger partial charge in [0.2, 0.25) is 5.91 Å². The van der Waals surface area contributed by atoms with Crippen LogP contribution in [0.4, 0.5) is 0 Å². The maximum absolute atomic E-state index is 11.6. The highest BCUT2D eigenvalue weighted by Crippen LogP contribution is 2.03. The van der Waals surface area contributed by atoms with Crippen LogP contribution in [0.2, 0.25) is 0 Å². The first-order valence-corrected chi connectivity index (χ1v) is 5.81. The molecule has 0 unspecified atom stereocenters. The quantitative estimate of drug-likeness (QED) is 0.279. The fraction of sp³-hybridized carbons (Fsp3) is 0.800. The number of unbranched alkanes of at least 4 members (excludes halogenated alkanes) is 1. The Hall–Kier alpha value is -0.560. The van der Waals surface area contributed by atoms with E-state index in [-0.39, 0.29) is 42.7 Å². The first-order chi connectivity index (χ1) is 7.74. The molecule has 1 heterocycles. The molecule has 0 aromatic carbocycles. The molecule has 0 saturated carbocycles. The van der Waals surface area contributed by atoms with Gasteiger partial charge < -0.3 is 16.4 Å². The summed E-state index contributed by atoms with van der Waals surface area (Å²) in [5.74, 6) is -0.0375. The number of nitrogens with one attached hydrogen (secondary N) is 4. The van der Waals surface area contributed by atoms with Gasteiger partial charge >= 0.3 is 0 Å². The van der Waals surface area contributed by atoms with Gasteiger partial charge in [-0.3, -0.25) is 15.5 Å². The van der Waals surface area contributed by atoms with E-state index in [1.807, 2.05) is 0 Å². The molecular weight excluding hydrogens is 277 g/mol. The lowest BCUT2D eigenvalue weighted by Crippen LogP contribution is -2.47. The van der Waals surface area contributed by atoms with Crippen molar-refractivity contribution in [1.29, 1.82) is 5.41 Å². The molecule has 0 aromatic rings. The first kappa shape index (κ1) is 19.8. The van der Waals surface area contributed by atoms with Crippen LogP contribution in [0.15, 0.2) is 0 Å². The molecule has 0 spiro atoms. The van der Waals surface area contributed by atoms with Gasteiger partial charge in [0.25, 0.3) is 0 Å². The van der Waals surface area contributed by atoms with E-state index in [2.05, 4.69) is 16.0 Å². The van der Waals surface area contributed by atoms with Crippen LogP contribution >= 0.6 is 24.8 Å². The highest BCUT2D eigenvalue weighted by Gasteiger charge is 2.22. The minimum Gasteiger partial charge on any atom is -0.356 e. The highest BCUT2D eigenvalue weighted by atomic mass is 35.5. The van der Waals surface area contributed by atoms with Crippen LogP contribution in [0.3, 0.4) is 0 Å². The standard InChI is InChI=1S/C10H21N5O.2ClH/c11-5-1-2-6-14-10(12)15-9(16)8-4-3-7-13-8;;/h8,13H,1-7,11H2,(H3,12,14,15,16);2*1H/t8-;;/m0../s1. The van der Waals surface area contributed by atoms with Crippen molar-refractivity contribution in [1.82, 2.24) is 16.0 Å². The Bertz CT molecular complexity index is 246. The van der Waals surface area contributed by atoms with E-state index in [1.54, 1.807) is 0 Å². The first-order valence-electron chi connectivity index (χ1n) is 5.81. The van der Waals surface area contributed by atoms with Gasteiger partial charge in [0, 0.05) is 6.54 Å².